The van der Waals surface area contributed by atoms with Crippen LogP contribution in [0.15, 0.2) is 35.1 Å². The first-order valence-corrected chi connectivity index (χ1v) is 6.34. The van der Waals surface area contributed by atoms with E-state index in [1.165, 1.54) is 18.3 Å². The second-order valence-corrected chi connectivity index (χ2v) is 4.84. The lowest BCUT2D eigenvalue weighted by atomic mass is 10.2. The molecule has 0 aliphatic heterocycles. The quantitative estimate of drug-likeness (QED) is 0.801. The van der Waals surface area contributed by atoms with E-state index in [9.17, 15) is 9.59 Å². The maximum Gasteiger partial charge on any atom is 0.335 e. The molecule has 8 heteroatoms. The molecule has 1 aromatic carbocycles. The fourth-order valence-electron chi connectivity index (χ4n) is 1.52. The molecular weight excluding hydrogens is 328 g/mol. The predicted molar refractivity (Wildman–Crippen MR) is 77.0 cm³/mol. The molecule has 0 saturated heterocycles. The lowest BCUT2D eigenvalue weighted by Crippen LogP contribution is -2.19. The van der Waals surface area contributed by atoms with E-state index in [-0.39, 0.29) is 5.56 Å². The monoisotopic (exact) mass is 338 g/mol. The van der Waals surface area contributed by atoms with Gasteiger partial charge < -0.3 is 15.7 Å². The number of benzene rings is 1. The highest BCUT2D eigenvalue weighted by atomic mass is 79.9. The third-order valence-electron chi connectivity index (χ3n) is 2.42. The van der Waals surface area contributed by atoms with Gasteiger partial charge in [0.1, 0.15) is 0 Å². The van der Waals surface area contributed by atoms with Crippen molar-refractivity contribution in [3.8, 4) is 0 Å². The maximum atomic E-state index is 11.8. The van der Waals surface area contributed by atoms with Gasteiger partial charge >= 0.3 is 12.0 Å². The van der Waals surface area contributed by atoms with E-state index in [0.29, 0.717) is 15.8 Å². The number of aryl methyl sites for hydroxylation is 1. The summed E-state index contributed by atoms with van der Waals surface area (Å²) in [7, 11) is 1.73. The fourth-order valence-corrected chi connectivity index (χ4v) is 1.87. The van der Waals surface area contributed by atoms with Crippen LogP contribution in [0.25, 0.3) is 0 Å². The van der Waals surface area contributed by atoms with Crippen molar-refractivity contribution < 1.29 is 14.7 Å². The molecule has 0 aliphatic carbocycles. The largest absolute Gasteiger partial charge is 0.478 e. The molecule has 0 unspecified atom stereocenters. The molecule has 2 rings (SSSR count). The summed E-state index contributed by atoms with van der Waals surface area (Å²) in [5, 5.41) is 18.0. The number of hydrogen-bond donors (Lipinski definition) is 3. The minimum absolute atomic E-state index is 0.0878. The SMILES string of the molecule is Cn1cc(NC(=O)Nc2cc(C(=O)O)ccc2Br)cn1. The number of nitrogens with zero attached hydrogens (tertiary/aromatic N) is 2. The lowest BCUT2D eigenvalue weighted by molar-refractivity contribution is 0.0697. The number of aromatic carboxylic acids is 1. The average Bonchev–Trinajstić information content (AvgIpc) is 2.77. The summed E-state index contributed by atoms with van der Waals surface area (Å²) >= 11 is 3.25. The van der Waals surface area contributed by atoms with Crippen LogP contribution in [0.1, 0.15) is 10.4 Å². The molecule has 0 radical (unpaired) electrons. The summed E-state index contributed by atoms with van der Waals surface area (Å²) in [6.07, 6.45) is 3.14. The van der Waals surface area contributed by atoms with E-state index in [0.717, 1.165) is 0 Å². The van der Waals surface area contributed by atoms with E-state index in [4.69, 9.17) is 5.11 Å². The van der Waals surface area contributed by atoms with Crippen molar-refractivity contribution in [2.45, 2.75) is 0 Å². The number of anilines is 2. The van der Waals surface area contributed by atoms with Crippen LogP contribution >= 0.6 is 15.9 Å². The number of carbonyl (C=O) groups is 2. The van der Waals surface area contributed by atoms with Crippen LogP contribution in [0.2, 0.25) is 0 Å². The summed E-state index contributed by atoms with van der Waals surface area (Å²) in [5.41, 5.74) is 0.992. The lowest BCUT2D eigenvalue weighted by Gasteiger charge is -2.08. The van der Waals surface area contributed by atoms with Gasteiger partial charge in [0.05, 0.1) is 23.1 Å². The third kappa shape index (κ3) is 3.35. The van der Waals surface area contributed by atoms with Gasteiger partial charge in [0.2, 0.25) is 0 Å². The van der Waals surface area contributed by atoms with Gasteiger partial charge in [-0.15, -0.1) is 0 Å². The molecule has 0 atom stereocenters. The van der Waals surface area contributed by atoms with Gasteiger partial charge in [0.25, 0.3) is 0 Å². The molecule has 0 spiro atoms. The minimum Gasteiger partial charge on any atom is -0.478 e. The summed E-state index contributed by atoms with van der Waals surface area (Å²) in [6.45, 7) is 0. The number of halogens is 1. The van der Waals surface area contributed by atoms with Gasteiger partial charge in [-0.1, -0.05) is 0 Å². The number of rotatable bonds is 3. The first-order valence-electron chi connectivity index (χ1n) is 5.55. The van der Waals surface area contributed by atoms with Gasteiger partial charge in [-0.2, -0.15) is 5.10 Å². The Bertz CT molecular complexity index is 668. The van der Waals surface area contributed by atoms with E-state index in [2.05, 4.69) is 31.7 Å². The van der Waals surface area contributed by atoms with Crippen LogP contribution in [0, 0.1) is 0 Å². The van der Waals surface area contributed by atoms with Crippen molar-refractivity contribution in [3.63, 3.8) is 0 Å². The molecule has 0 bridgehead atoms. The summed E-state index contributed by atoms with van der Waals surface area (Å²) in [4.78, 5) is 22.7. The van der Waals surface area contributed by atoms with Gasteiger partial charge in [0.15, 0.2) is 0 Å². The molecule has 2 amide bonds. The summed E-state index contributed by atoms with van der Waals surface area (Å²) in [6, 6.07) is 3.89. The van der Waals surface area contributed by atoms with E-state index in [1.807, 2.05) is 0 Å². The highest BCUT2D eigenvalue weighted by Gasteiger charge is 2.10. The maximum absolute atomic E-state index is 11.8. The molecule has 0 aliphatic rings. The van der Waals surface area contributed by atoms with Crippen molar-refractivity contribution >= 4 is 39.3 Å². The van der Waals surface area contributed by atoms with Gasteiger partial charge in [-0.3, -0.25) is 4.68 Å². The van der Waals surface area contributed by atoms with E-state index in [1.54, 1.807) is 24.0 Å². The molecule has 7 nitrogen and oxygen atoms in total. The number of carboxylic acids is 1. The Morgan fingerprint density at radius 3 is 2.70 bits per heavy atom. The number of aromatic nitrogens is 2. The zero-order valence-corrected chi connectivity index (χ0v) is 12.0. The van der Waals surface area contributed by atoms with Gasteiger partial charge in [0, 0.05) is 17.7 Å². The standard InChI is InChI=1S/C12H11BrN4O3/c1-17-6-8(5-14-17)15-12(20)16-10-4-7(11(18)19)2-3-9(10)13/h2-6H,1H3,(H,18,19)(H2,15,16,20). The first kappa shape index (κ1) is 14.1. The second kappa shape index (κ2) is 5.74. The normalized spacial score (nSPS) is 10.1. The second-order valence-electron chi connectivity index (χ2n) is 3.98. The number of amides is 2. The first-order chi connectivity index (χ1) is 9.45. The van der Waals surface area contributed by atoms with Crippen LogP contribution in [0.4, 0.5) is 16.2 Å². The Kier molecular flexibility index (Phi) is 4.04. The van der Waals surface area contributed by atoms with Crippen LogP contribution in [0.3, 0.4) is 0 Å². The van der Waals surface area contributed by atoms with Crippen molar-refractivity contribution in [2.24, 2.45) is 7.05 Å². The van der Waals surface area contributed by atoms with Gasteiger partial charge in [-0.25, -0.2) is 9.59 Å². The van der Waals surface area contributed by atoms with Crippen LogP contribution in [0.5, 0.6) is 0 Å². The predicted octanol–water partition coefficient (Wildman–Crippen LogP) is 2.52. The molecule has 1 heterocycles. The van der Waals surface area contributed by atoms with Crippen LogP contribution < -0.4 is 10.6 Å². The van der Waals surface area contributed by atoms with E-state index >= 15 is 0 Å². The number of carboxylic acid groups (broad SMARTS) is 1. The molecule has 0 saturated carbocycles. The average molecular weight is 339 g/mol. The minimum atomic E-state index is -1.06. The zero-order valence-electron chi connectivity index (χ0n) is 10.4. The molecular formula is C12H11BrN4O3. The zero-order chi connectivity index (χ0) is 14.7. The van der Waals surface area contributed by atoms with E-state index < -0.39 is 12.0 Å². The van der Waals surface area contributed by atoms with Gasteiger partial charge in [-0.05, 0) is 34.1 Å². The highest BCUT2D eigenvalue weighted by molar-refractivity contribution is 9.10. The van der Waals surface area contributed by atoms with Crippen molar-refractivity contribution in [2.75, 3.05) is 10.6 Å². The third-order valence-corrected chi connectivity index (χ3v) is 3.12. The van der Waals surface area contributed by atoms with Crippen molar-refractivity contribution in [1.82, 2.24) is 9.78 Å². The van der Waals surface area contributed by atoms with Crippen LogP contribution in [-0.2, 0) is 7.05 Å². The summed E-state index contributed by atoms with van der Waals surface area (Å²) in [5.74, 6) is -1.06. The number of nitrogens with one attached hydrogen (secondary N) is 2. The Morgan fingerprint density at radius 1 is 1.35 bits per heavy atom. The molecule has 1 aromatic heterocycles. The molecule has 3 N–H and O–H groups in total. The number of hydrogen-bond acceptors (Lipinski definition) is 3. The van der Waals surface area contributed by atoms with Crippen molar-refractivity contribution in [1.29, 1.82) is 0 Å². The summed E-state index contributed by atoms with van der Waals surface area (Å²) < 4.78 is 2.14. The smallest absolute Gasteiger partial charge is 0.335 e. The fraction of sp³-hybridized carbons (Fsp3) is 0.0833. The Balaban J connectivity index is 2.11. The Hall–Kier alpha value is -2.35. The molecule has 0 fully saturated rings. The molecule has 20 heavy (non-hydrogen) atoms. The number of urea groups is 1. The highest BCUT2D eigenvalue weighted by Crippen LogP contribution is 2.24. The topological polar surface area (TPSA) is 96.2 Å². The Labute approximate surface area is 122 Å². The van der Waals surface area contributed by atoms with Crippen LogP contribution in [-0.4, -0.2) is 26.9 Å². The molecule has 2 aromatic rings. The number of carbonyl (C=O) groups excluding carboxylic acids is 1. The Morgan fingerprint density at radius 2 is 2.10 bits per heavy atom. The van der Waals surface area contributed by atoms with Crippen molar-refractivity contribution in [3.05, 3.63) is 40.6 Å². The molecule has 104 valence electrons.